The number of nitrogens with one attached hydrogen (secondary N) is 1. The fraction of sp³-hybridized carbons (Fsp3) is 0.190. The molecule has 1 N–H and O–H groups in total. The highest BCUT2D eigenvalue weighted by atomic mass is 32.1. The second-order valence-electron chi connectivity index (χ2n) is 6.71. The molecule has 0 aliphatic carbocycles. The number of amides is 1. The van der Waals surface area contributed by atoms with Gasteiger partial charge in [0.25, 0.3) is 5.56 Å². The number of nitriles is 1. The molecule has 0 bridgehead atoms. The predicted molar refractivity (Wildman–Crippen MR) is 115 cm³/mol. The van der Waals surface area contributed by atoms with Gasteiger partial charge in [-0.15, -0.1) is 11.3 Å². The molecule has 3 heterocycles. The van der Waals surface area contributed by atoms with Crippen molar-refractivity contribution in [2.75, 3.05) is 5.32 Å². The van der Waals surface area contributed by atoms with E-state index in [1.54, 1.807) is 7.05 Å². The largest absolute Gasteiger partial charge is 0.308 e. The minimum absolute atomic E-state index is 0.256. The van der Waals surface area contributed by atoms with E-state index in [4.69, 9.17) is 0 Å². The lowest BCUT2D eigenvalue weighted by Gasteiger charge is -2.17. The molecule has 0 radical (unpaired) electrons. The third kappa shape index (κ3) is 3.38. The maximum Gasteiger partial charge on any atom is 0.262 e. The highest BCUT2D eigenvalue weighted by Crippen LogP contribution is 2.31. The van der Waals surface area contributed by atoms with Crippen molar-refractivity contribution in [2.45, 2.75) is 19.4 Å². The first kappa shape index (κ1) is 19.5. The lowest BCUT2D eigenvalue weighted by Crippen LogP contribution is -2.33. The van der Waals surface area contributed by atoms with Crippen molar-refractivity contribution in [2.24, 2.45) is 7.05 Å². The molecule has 8 nitrogen and oxygen atoms in total. The minimum atomic E-state index is -0.768. The van der Waals surface area contributed by atoms with Crippen molar-refractivity contribution in [3.05, 3.63) is 64.8 Å². The van der Waals surface area contributed by atoms with E-state index in [-0.39, 0.29) is 11.1 Å². The van der Waals surface area contributed by atoms with E-state index < -0.39 is 11.9 Å². The zero-order chi connectivity index (χ0) is 21.3. The highest BCUT2D eigenvalue weighted by Gasteiger charge is 2.23. The number of carbonyl (C=O) groups is 1. The monoisotopic (exact) mass is 418 g/mol. The van der Waals surface area contributed by atoms with Crippen LogP contribution in [0, 0.1) is 11.3 Å². The van der Waals surface area contributed by atoms with E-state index in [0.29, 0.717) is 22.5 Å². The van der Waals surface area contributed by atoms with Gasteiger partial charge in [0.1, 0.15) is 28.3 Å². The summed E-state index contributed by atoms with van der Waals surface area (Å²) < 4.78 is 2.76. The zero-order valence-electron chi connectivity index (χ0n) is 16.4. The van der Waals surface area contributed by atoms with E-state index in [2.05, 4.69) is 15.4 Å². The zero-order valence-corrected chi connectivity index (χ0v) is 17.2. The number of aromatic nitrogens is 4. The molecule has 0 saturated heterocycles. The van der Waals surface area contributed by atoms with E-state index in [9.17, 15) is 14.9 Å². The number of thiophene rings is 1. The summed E-state index contributed by atoms with van der Waals surface area (Å²) in [4.78, 5) is 32.1. The molecule has 0 fully saturated rings. The standard InChI is InChI=1S/C21H18N6O2S/c1-3-16(19(28)25-18-14(10-22)11-24-26(18)2)27-12-23-20-15(21(27)29)9-17(30-20)13-7-5-4-6-8-13/h4-9,11-12,16H,3H2,1-2H3,(H,25,28). The SMILES string of the molecule is CCC(C(=O)Nc1c(C#N)cnn1C)n1cnc2sc(-c3ccccc3)cc2c1=O. The second kappa shape index (κ2) is 7.93. The van der Waals surface area contributed by atoms with Crippen LogP contribution in [0.3, 0.4) is 0 Å². The Kier molecular flexibility index (Phi) is 5.16. The van der Waals surface area contributed by atoms with Gasteiger partial charge >= 0.3 is 0 Å². The molecular weight excluding hydrogens is 400 g/mol. The number of benzene rings is 1. The van der Waals surface area contributed by atoms with Crippen LogP contribution in [0.15, 0.2) is 53.7 Å². The number of hydrogen-bond acceptors (Lipinski definition) is 6. The average Bonchev–Trinajstić information content (AvgIpc) is 3.35. The lowest BCUT2D eigenvalue weighted by molar-refractivity contribution is -0.119. The van der Waals surface area contributed by atoms with Gasteiger partial charge in [-0.05, 0) is 18.1 Å². The van der Waals surface area contributed by atoms with Crippen LogP contribution in [0.1, 0.15) is 24.9 Å². The van der Waals surface area contributed by atoms with Crippen molar-refractivity contribution in [3.63, 3.8) is 0 Å². The Balaban J connectivity index is 1.71. The van der Waals surface area contributed by atoms with Crippen molar-refractivity contribution < 1.29 is 4.79 Å². The summed E-state index contributed by atoms with van der Waals surface area (Å²) in [6.45, 7) is 1.82. The van der Waals surface area contributed by atoms with Crippen LogP contribution in [0.25, 0.3) is 20.7 Å². The topological polar surface area (TPSA) is 106 Å². The highest BCUT2D eigenvalue weighted by molar-refractivity contribution is 7.21. The Morgan fingerprint density at radius 2 is 2.10 bits per heavy atom. The van der Waals surface area contributed by atoms with Gasteiger partial charge in [-0.3, -0.25) is 18.8 Å². The van der Waals surface area contributed by atoms with Crippen molar-refractivity contribution in [3.8, 4) is 16.5 Å². The fourth-order valence-electron chi connectivity index (χ4n) is 3.28. The van der Waals surface area contributed by atoms with E-state index >= 15 is 0 Å². The number of nitrogens with zero attached hydrogens (tertiary/aromatic N) is 5. The Morgan fingerprint density at radius 3 is 2.80 bits per heavy atom. The van der Waals surface area contributed by atoms with Gasteiger partial charge in [-0.1, -0.05) is 37.3 Å². The first-order valence-electron chi connectivity index (χ1n) is 9.32. The number of carbonyl (C=O) groups excluding carboxylic acids is 1. The molecule has 4 aromatic rings. The number of hydrogen-bond donors (Lipinski definition) is 1. The summed E-state index contributed by atoms with van der Waals surface area (Å²) in [5, 5.41) is 16.4. The van der Waals surface area contributed by atoms with Crippen LogP contribution in [-0.4, -0.2) is 25.2 Å². The third-order valence-corrected chi connectivity index (χ3v) is 5.95. The van der Waals surface area contributed by atoms with Crippen molar-refractivity contribution in [1.29, 1.82) is 5.26 Å². The molecule has 3 aromatic heterocycles. The van der Waals surface area contributed by atoms with Crippen molar-refractivity contribution >= 4 is 33.3 Å². The van der Waals surface area contributed by atoms with Crippen LogP contribution < -0.4 is 10.9 Å². The minimum Gasteiger partial charge on any atom is -0.308 e. The van der Waals surface area contributed by atoms with Gasteiger partial charge < -0.3 is 5.32 Å². The summed E-state index contributed by atoms with van der Waals surface area (Å²) in [6.07, 6.45) is 3.18. The Morgan fingerprint density at radius 1 is 1.33 bits per heavy atom. The second-order valence-corrected chi connectivity index (χ2v) is 7.74. The van der Waals surface area contributed by atoms with Gasteiger partial charge in [0.2, 0.25) is 5.91 Å². The first-order valence-corrected chi connectivity index (χ1v) is 10.1. The van der Waals surface area contributed by atoms with Gasteiger partial charge in [-0.25, -0.2) is 4.98 Å². The maximum atomic E-state index is 13.2. The fourth-order valence-corrected chi connectivity index (χ4v) is 4.27. The summed E-state index contributed by atoms with van der Waals surface area (Å²) >= 11 is 1.44. The molecule has 150 valence electrons. The molecule has 4 rings (SSSR count). The lowest BCUT2D eigenvalue weighted by atomic mass is 10.1. The third-order valence-electron chi connectivity index (χ3n) is 4.86. The molecule has 1 amide bonds. The van der Waals surface area contributed by atoms with Crippen molar-refractivity contribution in [1.82, 2.24) is 19.3 Å². The Hall–Kier alpha value is -3.77. The summed E-state index contributed by atoms with van der Waals surface area (Å²) in [7, 11) is 1.63. The number of anilines is 1. The molecule has 1 atom stereocenters. The van der Waals surface area contributed by atoms with Gasteiger partial charge in [0.15, 0.2) is 0 Å². The molecule has 0 saturated carbocycles. The maximum absolute atomic E-state index is 13.2. The van der Waals surface area contributed by atoms with Gasteiger partial charge in [-0.2, -0.15) is 10.4 Å². The molecular formula is C21H18N6O2S. The van der Waals surface area contributed by atoms with Crippen LogP contribution in [0.4, 0.5) is 5.82 Å². The Labute approximate surface area is 176 Å². The van der Waals surface area contributed by atoms with Gasteiger partial charge in [0, 0.05) is 11.9 Å². The number of fused-ring (bicyclic) bond motifs is 1. The molecule has 1 unspecified atom stereocenters. The predicted octanol–water partition coefficient (Wildman–Crippen LogP) is 3.32. The molecule has 30 heavy (non-hydrogen) atoms. The smallest absolute Gasteiger partial charge is 0.262 e. The summed E-state index contributed by atoms with van der Waals surface area (Å²) in [5.74, 6) is -0.107. The molecule has 0 spiro atoms. The quantitative estimate of drug-likeness (QED) is 0.535. The summed E-state index contributed by atoms with van der Waals surface area (Å²) in [5.41, 5.74) is 0.995. The molecule has 9 heteroatoms. The molecule has 0 aliphatic rings. The van der Waals surface area contributed by atoms with E-state index in [1.807, 2.05) is 49.4 Å². The molecule has 1 aromatic carbocycles. The molecule has 0 aliphatic heterocycles. The van der Waals surface area contributed by atoms with E-state index in [0.717, 1.165) is 10.4 Å². The van der Waals surface area contributed by atoms with Gasteiger partial charge in [0.05, 0.1) is 17.9 Å². The van der Waals surface area contributed by atoms with E-state index in [1.165, 1.54) is 33.1 Å². The van der Waals surface area contributed by atoms with Crippen LogP contribution in [-0.2, 0) is 11.8 Å². The van der Waals surface area contributed by atoms with Crippen LogP contribution >= 0.6 is 11.3 Å². The van der Waals surface area contributed by atoms with Crippen LogP contribution in [0.5, 0.6) is 0 Å². The first-order chi connectivity index (χ1) is 14.5. The normalized spacial score (nSPS) is 11.9. The Bertz CT molecular complexity index is 1330. The van der Waals surface area contributed by atoms with Crippen LogP contribution in [0.2, 0.25) is 0 Å². The summed E-state index contributed by atoms with van der Waals surface area (Å²) in [6, 6.07) is 12.8. The number of aryl methyl sites for hydroxylation is 1. The average molecular weight is 418 g/mol. The number of rotatable bonds is 5.